The number of carbonyl (C=O) groups excluding carboxylic acids is 2. The van der Waals surface area contributed by atoms with Gasteiger partial charge in [0.25, 0.3) is 11.8 Å². The third-order valence-electron chi connectivity index (χ3n) is 9.10. The Balaban J connectivity index is 1.49. The van der Waals surface area contributed by atoms with Crippen LogP contribution in [0, 0.1) is 5.92 Å². The number of ether oxygens (including phenoxy) is 2. The number of anilines is 2. The first-order valence-corrected chi connectivity index (χ1v) is 17.5. The van der Waals surface area contributed by atoms with E-state index in [0.29, 0.717) is 18.7 Å². The molecule has 0 saturated carbocycles. The Morgan fingerprint density at radius 1 is 1.10 bits per heavy atom. The molecule has 1 fully saturated rings. The van der Waals surface area contributed by atoms with E-state index in [9.17, 15) is 19.8 Å². The zero-order valence-corrected chi connectivity index (χ0v) is 25.8. The number of amides is 2. The minimum atomic E-state index is -2.23. The van der Waals surface area contributed by atoms with E-state index in [1.165, 1.54) is 12.1 Å². The highest BCUT2D eigenvalue weighted by atomic mass is 28.3. The number of methoxy groups -OCH3 is 1. The maximum atomic E-state index is 14.6. The van der Waals surface area contributed by atoms with Gasteiger partial charge in [-0.2, -0.15) is 0 Å². The average molecular weight is 589 g/mol. The molecule has 1 spiro atoms. The lowest BCUT2D eigenvalue weighted by Crippen LogP contribution is -2.51. The van der Waals surface area contributed by atoms with Crippen LogP contribution in [0.25, 0.3) is 0 Å². The Kier molecular flexibility index (Phi) is 8.31. The van der Waals surface area contributed by atoms with E-state index in [1.807, 2.05) is 48.5 Å². The highest BCUT2D eigenvalue weighted by Crippen LogP contribution is 2.60. The van der Waals surface area contributed by atoms with Crippen molar-refractivity contribution in [2.24, 2.45) is 5.92 Å². The molecule has 0 aromatic heterocycles. The number of aliphatic hydroxyl groups excluding tert-OH is 2. The second-order valence-electron chi connectivity index (χ2n) is 11.9. The Bertz CT molecular complexity index is 1440. The Morgan fingerprint density at radius 3 is 2.38 bits per heavy atom. The molecule has 5 rings (SSSR count). The van der Waals surface area contributed by atoms with Crippen molar-refractivity contribution in [2.75, 3.05) is 23.9 Å². The lowest BCUT2D eigenvalue weighted by atomic mass is 9.82. The minimum Gasteiger partial charge on any atom is -0.497 e. The van der Waals surface area contributed by atoms with Gasteiger partial charge in [-0.1, -0.05) is 67.7 Å². The van der Waals surface area contributed by atoms with Gasteiger partial charge in [0, 0.05) is 23.8 Å². The predicted octanol–water partition coefficient (Wildman–Crippen LogP) is 4.16. The van der Waals surface area contributed by atoms with Crippen LogP contribution in [0.1, 0.15) is 31.4 Å². The fraction of sp³-hybridized carbons (Fsp3) is 0.394. The van der Waals surface area contributed by atoms with Crippen molar-refractivity contribution in [2.45, 2.75) is 63.3 Å². The first-order chi connectivity index (χ1) is 20.0. The third kappa shape index (κ3) is 5.04. The molecule has 0 bridgehead atoms. The number of nitrogens with one attached hydrogen (secondary N) is 1. The number of aliphatic hydroxyl groups is 2. The van der Waals surface area contributed by atoms with Crippen molar-refractivity contribution in [3.63, 3.8) is 0 Å². The summed E-state index contributed by atoms with van der Waals surface area (Å²) in [5, 5.41) is 23.5. The van der Waals surface area contributed by atoms with Crippen LogP contribution < -0.4 is 20.1 Å². The van der Waals surface area contributed by atoms with Gasteiger partial charge in [0.2, 0.25) is 0 Å². The van der Waals surface area contributed by atoms with Crippen molar-refractivity contribution in [3.8, 4) is 5.75 Å². The van der Waals surface area contributed by atoms with Gasteiger partial charge in [0.1, 0.15) is 11.9 Å². The van der Waals surface area contributed by atoms with E-state index in [4.69, 9.17) is 9.47 Å². The number of carbonyl (C=O) groups is 2. The van der Waals surface area contributed by atoms with Gasteiger partial charge < -0.3 is 29.9 Å². The molecule has 0 aliphatic carbocycles. The second-order valence-corrected chi connectivity index (χ2v) is 16.6. The van der Waals surface area contributed by atoms with Crippen molar-refractivity contribution >= 4 is 36.4 Å². The molecule has 222 valence electrons. The average Bonchev–Trinajstić information content (AvgIpc) is 3.41. The van der Waals surface area contributed by atoms with Crippen LogP contribution in [0.3, 0.4) is 0 Å². The van der Waals surface area contributed by atoms with Crippen LogP contribution >= 0.6 is 0 Å². The fourth-order valence-corrected chi connectivity index (χ4v) is 11.0. The van der Waals surface area contributed by atoms with Crippen molar-refractivity contribution in [3.05, 3.63) is 83.9 Å². The number of rotatable bonds is 9. The van der Waals surface area contributed by atoms with Gasteiger partial charge >= 0.3 is 0 Å². The van der Waals surface area contributed by atoms with E-state index >= 15 is 0 Å². The summed E-state index contributed by atoms with van der Waals surface area (Å²) in [6.45, 7) is 8.52. The van der Waals surface area contributed by atoms with Gasteiger partial charge in [-0.3, -0.25) is 9.59 Å². The largest absolute Gasteiger partial charge is 0.497 e. The maximum absolute atomic E-state index is 14.6. The van der Waals surface area contributed by atoms with E-state index in [1.54, 1.807) is 24.1 Å². The van der Waals surface area contributed by atoms with Crippen LogP contribution in [0.4, 0.5) is 11.4 Å². The SMILES string of the molecule is COc1ccc([Si](C)(C)[C@H]2[C@H](CCO)O[C@@]3(C(=O)N(Cc4ccc(NC(=O)[C@H](C)O)cc4)c4ccccc43)[C@@H]2C)cc1. The molecular formula is C33H40N2O6Si. The molecule has 2 amide bonds. The Labute approximate surface area is 248 Å². The lowest BCUT2D eigenvalue weighted by molar-refractivity contribution is -0.146. The normalized spacial score (nSPS) is 24.1. The lowest BCUT2D eigenvalue weighted by Gasteiger charge is -2.37. The molecule has 8 nitrogen and oxygen atoms in total. The fourth-order valence-electron chi connectivity index (χ4n) is 6.94. The summed E-state index contributed by atoms with van der Waals surface area (Å²) in [5.41, 5.74) is 2.09. The predicted molar refractivity (Wildman–Crippen MR) is 166 cm³/mol. The zero-order valence-electron chi connectivity index (χ0n) is 24.8. The van der Waals surface area contributed by atoms with Crippen LogP contribution in [-0.4, -0.2) is 56.0 Å². The summed E-state index contributed by atoms with van der Waals surface area (Å²) < 4.78 is 12.3. The molecule has 1 saturated heterocycles. The quantitative estimate of drug-likeness (QED) is 0.324. The molecule has 3 N–H and O–H groups in total. The molecule has 42 heavy (non-hydrogen) atoms. The number of benzene rings is 3. The zero-order chi connectivity index (χ0) is 30.2. The van der Waals surface area contributed by atoms with Gasteiger partial charge in [0.15, 0.2) is 5.60 Å². The summed E-state index contributed by atoms with van der Waals surface area (Å²) in [4.78, 5) is 28.3. The summed E-state index contributed by atoms with van der Waals surface area (Å²) in [5.74, 6) is 0.104. The monoisotopic (exact) mass is 588 g/mol. The number of para-hydroxylation sites is 1. The van der Waals surface area contributed by atoms with Gasteiger partial charge in [-0.05, 0) is 54.8 Å². The minimum absolute atomic E-state index is 0.0193. The second kappa shape index (κ2) is 11.6. The number of nitrogens with zero attached hydrogens (tertiary/aromatic N) is 1. The molecule has 3 aromatic rings. The van der Waals surface area contributed by atoms with Gasteiger partial charge in [0.05, 0.1) is 33.5 Å². The molecule has 2 aliphatic heterocycles. The number of hydrogen-bond acceptors (Lipinski definition) is 6. The third-order valence-corrected chi connectivity index (χ3v) is 13.5. The van der Waals surface area contributed by atoms with Crippen molar-refractivity contribution in [1.29, 1.82) is 0 Å². The number of fused-ring (bicyclic) bond motifs is 2. The topological polar surface area (TPSA) is 108 Å². The van der Waals surface area contributed by atoms with Crippen LogP contribution in [-0.2, 0) is 26.5 Å². The summed E-state index contributed by atoms with van der Waals surface area (Å²) in [7, 11) is -0.572. The molecular weight excluding hydrogens is 548 g/mol. The van der Waals surface area contributed by atoms with E-state index in [2.05, 4.69) is 37.5 Å². The molecule has 0 unspecified atom stereocenters. The molecule has 3 aromatic carbocycles. The first kappa shape index (κ1) is 30.0. The summed E-state index contributed by atoms with van der Waals surface area (Å²) in [6, 6.07) is 23.4. The Morgan fingerprint density at radius 2 is 1.76 bits per heavy atom. The van der Waals surface area contributed by atoms with Crippen molar-refractivity contribution < 1.29 is 29.3 Å². The summed E-state index contributed by atoms with van der Waals surface area (Å²) >= 11 is 0. The highest BCUT2D eigenvalue weighted by Gasteiger charge is 2.66. The van der Waals surface area contributed by atoms with Crippen molar-refractivity contribution in [1.82, 2.24) is 0 Å². The molecule has 2 heterocycles. The molecule has 2 aliphatic rings. The highest BCUT2D eigenvalue weighted by molar-refractivity contribution is 6.91. The first-order valence-electron chi connectivity index (χ1n) is 14.5. The molecule has 0 radical (unpaired) electrons. The van der Waals surface area contributed by atoms with E-state index in [0.717, 1.165) is 22.6 Å². The van der Waals surface area contributed by atoms with Crippen LogP contribution in [0.15, 0.2) is 72.8 Å². The van der Waals surface area contributed by atoms with E-state index in [-0.39, 0.29) is 30.1 Å². The standard InChI is InChI=1S/C33H40N2O6Si/c1-21-30(42(4,5)26-16-14-25(40-3)15-17-26)29(18-19-36)41-33(21)27-8-6-7-9-28(27)35(32(33)39)20-23-10-12-24(13-11-23)34-31(38)22(2)37/h6-17,21-22,29-30,36-37H,18-20H2,1-5H3,(H,34,38)/t21-,22+,29+,30-,33+/m1/s1. The summed E-state index contributed by atoms with van der Waals surface area (Å²) in [6.07, 6.45) is -0.926. The smallest absolute Gasteiger partial charge is 0.264 e. The van der Waals surface area contributed by atoms with E-state index < -0.39 is 25.7 Å². The van der Waals surface area contributed by atoms with Crippen LogP contribution in [0.2, 0.25) is 18.6 Å². The van der Waals surface area contributed by atoms with Crippen LogP contribution in [0.5, 0.6) is 5.75 Å². The van der Waals surface area contributed by atoms with Gasteiger partial charge in [-0.15, -0.1) is 0 Å². The Hall–Kier alpha value is -3.50. The maximum Gasteiger partial charge on any atom is 0.264 e. The number of hydrogen-bond donors (Lipinski definition) is 3. The molecule has 9 heteroatoms. The molecule has 5 atom stereocenters. The van der Waals surface area contributed by atoms with Gasteiger partial charge in [-0.25, -0.2) is 0 Å².